The van der Waals surface area contributed by atoms with Gasteiger partial charge in [-0.05, 0) is 36.6 Å². The highest BCUT2D eigenvalue weighted by Crippen LogP contribution is 2.25. The fraction of sp³-hybridized carbons (Fsp3) is 0.368. The minimum absolute atomic E-state index is 0.407. The molecule has 20 heavy (non-hydrogen) atoms. The van der Waals surface area contributed by atoms with E-state index in [-0.39, 0.29) is 0 Å². The van der Waals surface area contributed by atoms with Crippen LogP contribution in [-0.4, -0.2) is 0 Å². The lowest BCUT2D eigenvalue weighted by molar-refractivity contribution is 0.606. The van der Waals surface area contributed by atoms with Gasteiger partial charge in [0.2, 0.25) is 0 Å². The molecule has 2 rings (SSSR count). The Bertz CT molecular complexity index is 504. The molecule has 106 valence electrons. The molecular formula is C19H25N. The summed E-state index contributed by atoms with van der Waals surface area (Å²) in [7, 11) is 0. The van der Waals surface area contributed by atoms with Gasteiger partial charge in [-0.1, -0.05) is 68.7 Å². The van der Waals surface area contributed by atoms with E-state index in [9.17, 15) is 0 Å². The maximum Gasteiger partial charge on any atom is 0.0513 e. The number of hydrogen-bond acceptors (Lipinski definition) is 1. The minimum atomic E-state index is 0.407. The van der Waals surface area contributed by atoms with E-state index >= 15 is 0 Å². The Balaban J connectivity index is 2.10. The number of hydrogen-bond donors (Lipinski definition) is 1. The van der Waals surface area contributed by atoms with Gasteiger partial charge in [0.15, 0.2) is 0 Å². The van der Waals surface area contributed by atoms with Crippen LogP contribution in [0, 0.1) is 6.92 Å². The molecule has 1 atom stereocenters. The van der Waals surface area contributed by atoms with E-state index in [1.54, 1.807) is 0 Å². The molecule has 0 amide bonds. The summed E-state index contributed by atoms with van der Waals surface area (Å²) in [5.74, 6) is 0. The number of benzene rings is 2. The summed E-state index contributed by atoms with van der Waals surface area (Å²) in [6.07, 6.45) is 5.03. The first-order chi connectivity index (χ1) is 9.79. The molecule has 0 spiro atoms. The van der Waals surface area contributed by atoms with Crippen LogP contribution < -0.4 is 5.32 Å². The molecule has 0 aliphatic rings. The van der Waals surface area contributed by atoms with Crippen molar-refractivity contribution in [3.8, 4) is 0 Å². The van der Waals surface area contributed by atoms with Crippen LogP contribution in [0.2, 0.25) is 0 Å². The lowest BCUT2D eigenvalue weighted by Crippen LogP contribution is -2.10. The van der Waals surface area contributed by atoms with Gasteiger partial charge in [-0.3, -0.25) is 0 Å². The van der Waals surface area contributed by atoms with Gasteiger partial charge in [0, 0.05) is 5.69 Å². The average molecular weight is 267 g/mol. The molecule has 0 aliphatic heterocycles. The van der Waals surface area contributed by atoms with Gasteiger partial charge in [0.25, 0.3) is 0 Å². The molecule has 1 N–H and O–H groups in total. The van der Waals surface area contributed by atoms with E-state index < -0.39 is 0 Å². The fourth-order valence-electron chi connectivity index (χ4n) is 2.54. The quantitative estimate of drug-likeness (QED) is 0.632. The second kappa shape index (κ2) is 7.74. The molecule has 0 saturated carbocycles. The molecule has 0 aliphatic carbocycles. The second-order valence-corrected chi connectivity index (χ2v) is 5.47. The van der Waals surface area contributed by atoms with Crippen LogP contribution in [0.5, 0.6) is 0 Å². The highest BCUT2D eigenvalue weighted by atomic mass is 14.9. The Morgan fingerprint density at radius 1 is 0.950 bits per heavy atom. The standard InChI is InChI=1S/C19H25N/c1-3-4-6-14-19(17-11-7-5-8-12-17)20-18-13-9-10-16(2)15-18/h5,7-13,15,19-20H,3-4,6,14H2,1-2H3. The van der Waals surface area contributed by atoms with Gasteiger partial charge < -0.3 is 5.32 Å². The zero-order valence-electron chi connectivity index (χ0n) is 12.6. The van der Waals surface area contributed by atoms with Crippen LogP contribution in [0.3, 0.4) is 0 Å². The number of aryl methyl sites for hydroxylation is 1. The molecular weight excluding hydrogens is 242 g/mol. The third-order valence-electron chi connectivity index (χ3n) is 3.66. The van der Waals surface area contributed by atoms with Crippen molar-refractivity contribution in [3.63, 3.8) is 0 Å². The van der Waals surface area contributed by atoms with Crippen LogP contribution in [0.1, 0.15) is 49.8 Å². The molecule has 2 aromatic carbocycles. The topological polar surface area (TPSA) is 12.0 Å². The van der Waals surface area contributed by atoms with Gasteiger partial charge >= 0.3 is 0 Å². The summed E-state index contributed by atoms with van der Waals surface area (Å²) in [5, 5.41) is 3.70. The number of anilines is 1. The first-order valence-corrected chi connectivity index (χ1v) is 7.67. The number of rotatable bonds is 7. The van der Waals surface area contributed by atoms with Crippen LogP contribution in [0.25, 0.3) is 0 Å². The Morgan fingerprint density at radius 3 is 2.45 bits per heavy atom. The zero-order valence-corrected chi connectivity index (χ0v) is 12.6. The van der Waals surface area contributed by atoms with Gasteiger partial charge in [0.05, 0.1) is 6.04 Å². The third-order valence-corrected chi connectivity index (χ3v) is 3.66. The lowest BCUT2D eigenvalue weighted by Gasteiger charge is -2.21. The largest absolute Gasteiger partial charge is 0.378 e. The van der Waals surface area contributed by atoms with E-state index in [0.717, 1.165) is 0 Å². The molecule has 0 aromatic heterocycles. The Kier molecular flexibility index (Phi) is 5.67. The van der Waals surface area contributed by atoms with Crippen molar-refractivity contribution in [2.24, 2.45) is 0 Å². The average Bonchev–Trinajstić information content (AvgIpc) is 2.47. The summed E-state index contributed by atoms with van der Waals surface area (Å²) >= 11 is 0. The van der Waals surface area contributed by atoms with Gasteiger partial charge in [-0.25, -0.2) is 0 Å². The predicted octanol–water partition coefficient (Wildman–Crippen LogP) is 5.73. The Labute approximate surface area is 123 Å². The summed E-state index contributed by atoms with van der Waals surface area (Å²) in [6.45, 7) is 4.39. The third kappa shape index (κ3) is 4.41. The van der Waals surface area contributed by atoms with E-state index in [1.807, 2.05) is 0 Å². The fourth-order valence-corrected chi connectivity index (χ4v) is 2.54. The maximum atomic E-state index is 3.70. The number of unbranched alkanes of at least 4 members (excludes halogenated alkanes) is 2. The summed E-state index contributed by atoms with van der Waals surface area (Å²) in [4.78, 5) is 0. The lowest BCUT2D eigenvalue weighted by atomic mass is 10.00. The van der Waals surface area contributed by atoms with Crippen molar-refractivity contribution in [2.75, 3.05) is 5.32 Å². The molecule has 1 heteroatoms. The first-order valence-electron chi connectivity index (χ1n) is 7.67. The van der Waals surface area contributed by atoms with E-state index in [2.05, 4.69) is 73.8 Å². The summed E-state index contributed by atoms with van der Waals surface area (Å²) in [5.41, 5.74) is 3.90. The van der Waals surface area contributed by atoms with Crippen molar-refractivity contribution >= 4 is 5.69 Å². The highest BCUT2D eigenvalue weighted by molar-refractivity contribution is 5.47. The second-order valence-electron chi connectivity index (χ2n) is 5.47. The van der Waals surface area contributed by atoms with Crippen molar-refractivity contribution < 1.29 is 0 Å². The highest BCUT2D eigenvalue weighted by Gasteiger charge is 2.10. The van der Waals surface area contributed by atoms with Gasteiger partial charge in [-0.15, -0.1) is 0 Å². The van der Waals surface area contributed by atoms with Gasteiger partial charge in [0.1, 0.15) is 0 Å². The predicted molar refractivity (Wildman–Crippen MR) is 88.1 cm³/mol. The van der Waals surface area contributed by atoms with Crippen LogP contribution in [0.4, 0.5) is 5.69 Å². The Hall–Kier alpha value is -1.76. The molecule has 0 bridgehead atoms. The smallest absolute Gasteiger partial charge is 0.0513 e. The normalized spacial score (nSPS) is 12.1. The van der Waals surface area contributed by atoms with Crippen LogP contribution in [-0.2, 0) is 0 Å². The van der Waals surface area contributed by atoms with E-state index in [1.165, 1.54) is 42.5 Å². The SMILES string of the molecule is CCCCCC(Nc1cccc(C)c1)c1ccccc1. The summed E-state index contributed by atoms with van der Waals surface area (Å²) < 4.78 is 0. The monoisotopic (exact) mass is 267 g/mol. The molecule has 0 fully saturated rings. The molecule has 0 radical (unpaired) electrons. The van der Waals surface area contributed by atoms with Crippen LogP contribution in [0.15, 0.2) is 54.6 Å². The molecule has 1 nitrogen and oxygen atoms in total. The van der Waals surface area contributed by atoms with Crippen LogP contribution >= 0.6 is 0 Å². The summed E-state index contributed by atoms with van der Waals surface area (Å²) in [6, 6.07) is 19.8. The molecule has 0 saturated heterocycles. The minimum Gasteiger partial charge on any atom is -0.378 e. The molecule has 1 unspecified atom stereocenters. The Morgan fingerprint density at radius 2 is 1.75 bits per heavy atom. The van der Waals surface area contributed by atoms with Crippen molar-refractivity contribution in [1.29, 1.82) is 0 Å². The van der Waals surface area contributed by atoms with Crippen molar-refractivity contribution in [3.05, 3.63) is 65.7 Å². The zero-order chi connectivity index (χ0) is 14.2. The van der Waals surface area contributed by atoms with Gasteiger partial charge in [-0.2, -0.15) is 0 Å². The molecule has 0 heterocycles. The van der Waals surface area contributed by atoms with E-state index in [4.69, 9.17) is 0 Å². The van der Waals surface area contributed by atoms with E-state index in [0.29, 0.717) is 6.04 Å². The number of nitrogens with one attached hydrogen (secondary N) is 1. The molecule has 2 aromatic rings. The maximum absolute atomic E-state index is 3.70. The first kappa shape index (κ1) is 14.6. The van der Waals surface area contributed by atoms with Crippen molar-refractivity contribution in [2.45, 2.75) is 45.6 Å². The van der Waals surface area contributed by atoms with Crippen molar-refractivity contribution in [1.82, 2.24) is 0 Å².